The lowest BCUT2D eigenvalue weighted by Crippen LogP contribution is -2.42. The van der Waals surface area contributed by atoms with Gasteiger partial charge in [0.2, 0.25) is 0 Å². The number of Topliss-reactive ketones (excluding diaryl/α,β-unsaturated/α-hetero) is 1. The van der Waals surface area contributed by atoms with Gasteiger partial charge >= 0.3 is 0 Å². The molecule has 124 valence electrons. The molecule has 23 heavy (non-hydrogen) atoms. The third-order valence-electron chi connectivity index (χ3n) is 5.45. The molecule has 2 fully saturated rings. The summed E-state index contributed by atoms with van der Waals surface area (Å²) in [5, 5.41) is 3.09. The largest absolute Gasteiger partial charge is 0.484 e. The Balaban J connectivity index is 1.45. The Morgan fingerprint density at radius 2 is 1.96 bits per heavy atom. The maximum absolute atomic E-state index is 12.1. The second-order valence-corrected chi connectivity index (χ2v) is 7.06. The molecule has 0 saturated heterocycles. The molecule has 1 aromatic carbocycles. The molecule has 2 saturated carbocycles. The molecule has 1 N–H and O–H groups in total. The van der Waals surface area contributed by atoms with E-state index in [1.165, 1.54) is 32.6 Å². The zero-order chi connectivity index (χ0) is 16.4. The first-order valence-corrected chi connectivity index (χ1v) is 8.56. The Morgan fingerprint density at radius 1 is 1.22 bits per heavy atom. The number of ether oxygens (including phenoxy) is 1. The van der Waals surface area contributed by atoms with Crippen molar-refractivity contribution in [3.8, 4) is 5.75 Å². The first kappa shape index (κ1) is 16.0. The van der Waals surface area contributed by atoms with Crippen molar-refractivity contribution >= 4 is 11.7 Å². The number of hydrogen-bond donors (Lipinski definition) is 1. The van der Waals surface area contributed by atoms with Crippen molar-refractivity contribution in [3.05, 3.63) is 29.8 Å². The molecule has 4 atom stereocenters. The number of benzene rings is 1. The molecule has 4 nitrogen and oxygen atoms in total. The highest BCUT2D eigenvalue weighted by atomic mass is 16.5. The van der Waals surface area contributed by atoms with Crippen molar-refractivity contribution in [2.75, 3.05) is 6.61 Å². The molecule has 1 amide bonds. The van der Waals surface area contributed by atoms with Crippen LogP contribution in [0.3, 0.4) is 0 Å². The van der Waals surface area contributed by atoms with Crippen LogP contribution in [0.2, 0.25) is 0 Å². The molecule has 4 heteroatoms. The van der Waals surface area contributed by atoms with Gasteiger partial charge in [0.15, 0.2) is 12.4 Å². The van der Waals surface area contributed by atoms with Gasteiger partial charge in [-0.2, -0.15) is 0 Å². The van der Waals surface area contributed by atoms with E-state index in [2.05, 4.69) is 12.2 Å². The number of fused-ring (bicyclic) bond motifs is 2. The quantitative estimate of drug-likeness (QED) is 0.820. The summed E-state index contributed by atoms with van der Waals surface area (Å²) in [5.74, 6) is 2.88. The van der Waals surface area contributed by atoms with E-state index in [1.54, 1.807) is 24.3 Å². The van der Waals surface area contributed by atoms with Crippen LogP contribution in [0.5, 0.6) is 5.75 Å². The fourth-order valence-electron chi connectivity index (χ4n) is 4.24. The SMILES string of the molecule is CC(=O)c1ccc(OCC(=O)N[C@H](C)[C@H]2C[C@H]3CC[C@H]2C3)cc1. The maximum Gasteiger partial charge on any atom is 0.258 e. The predicted molar refractivity (Wildman–Crippen MR) is 88.5 cm³/mol. The second-order valence-electron chi connectivity index (χ2n) is 7.06. The van der Waals surface area contributed by atoms with Gasteiger partial charge in [0.05, 0.1) is 0 Å². The second kappa shape index (κ2) is 6.73. The van der Waals surface area contributed by atoms with Crippen LogP contribution in [0.25, 0.3) is 0 Å². The van der Waals surface area contributed by atoms with Crippen LogP contribution in [-0.4, -0.2) is 24.3 Å². The van der Waals surface area contributed by atoms with Crippen LogP contribution < -0.4 is 10.1 Å². The molecular formula is C19H25NO3. The molecule has 2 aliphatic rings. The Bertz CT molecular complexity index is 581. The lowest BCUT2D eigenvalue weighted by molar-refractivity contribution is -0.124. The van der Waals surface area contributed by atoms with Gasteiger partial charge in [-0.15, -0.1) is 0 Å². The van der Waals surface area contributed by atoms with Gasteiger partial charge in [-0.3, -0.25) is 9.59 Å². The van der Waals surface area contributed by atoms with E-state index < -0.39 is 0 Å². The van der Waals surface area contributed by atoms with Crippen molar-refractivity contribution in [2.24, 2.45) is 17.8 Å². The molecule has 2 aliphatic carbocycles. The van der Waals surface area contributed by atoms with Crippen LogP contribution in [-0.2, 0) is 4.79 Å². The van der Waals surface area contributed by atoms with Gasteiger partial charge in [0.25, 0.3) is 5.91 Å². The van der Waals surface area contributed by atoms with Gasteiger partial charge in [0.1, 0.15) is 5.75 Å². The van der Waals surface area contributed by atoms with Crippen molar-refractivity contribution < 1.29 is 14.3 Å². The first-order valence-electron chi connectivity index (χ1n) is 8.56. The first-order chi connectivity index (χ1) is 11.0. The average Bonchev–Trinajstić information content (AvgIpc) is 3.16. The number of carbonyl (C=O) groups excluding carboxylic acids is 2. The van der Waals surface area contributed by atoms with E-state index in [0.717, 1.165) is 11.8 Å². The highest BCUT2D eigenvalue weighted by Gasteiger charge is 2.42. The van der Waals surface area contributed by atoms with Gasteiger partial charge in [-0.1, -0.05) is 6.42 Å². The number of hydrogen-bond acceptors (Lipinski definition) is 3. The number of carbonyl (C=O) groups is 2. The molecule has 0 radical (unpaired) electrons. The summed E-state index contributed by atoms with van der Waals surface area (Å²) in [4.78, 5) is 23.3. The Labute approximate surface area is 137 Å². The molecule has 0 aliphatic heterocycles. The van der Waals surface area contributed by atoms with Gasteiger partial charge in [0, 0.05) is 11.6 Å². The predicted octanol–water partition coefficient (Wildman–Crippen LogP) is 3.21. The van der Waals surface area contributed by atoms with Crippen LogP contribution in [0.15, 0.2) is 24.3 Å². The molecule has 0 heterocycles. The van der Waals surface area contributed by atoms with E-state index in [4.69, 9.17) is 4.74 Å². The smallest absolute Gasteiger partial charge is 0.258 e. The zero-order valence-electron chi connectivity index (χ0n) is 13.9. The van der Waals surface area contributed by atoms with Crippen molar-refractivity contribution in [1.29, 1.82) is 0 Å². The Kier molecular flexibility index (Phi) is 4.69. The minimum atomic E-state index is -0.0732. The summed E-state index contributed by atoms with van der Waals surface area (Å²) in [6, 6.07) is 7.11. The van der Waals surface area contributed by atoms with Crippen LogP contribution in [0.4, 0.5) is 0 Å². The minimum absolute atomic E-state index is 0.0184. The number of ketones is 1. The molecular weight excluding hydrogens is 290 g/mol. The lowest BCUT2D eigenvalue weighted by atomic mass is 9.84. The standard InChI is InChI=1S/C19H25NO3/c1-12(18-10-14-3-4-16(18)9-14)20-19(22)11-23-17-7-5-15(6-8-17)13(2)21/h5-8,12,14,16,18H,3-4,9-11H2,1-2H3,(H,20,22)/t12-,14+,16+,18-/m1/s1. The topological polar surface area (TPSA) is 55.4 Å². The molecule has 0 aromatic heterocycles. The number of rotatable bonds is 6. The highest BCUT2D eigenvalue weighted by molar-refractivity contribution is 5.94. The summed E-state index contributed by atoms with van der Waals surface area (Å²) < 4.78 is 5.50. The monoisotopic (exact) mass is 315 g/mol. The molecule has 0 unspecified atom stereocenters. The molecule has 1 aromatic rings. The van der Waals surface area contributed by atoms with Crippen molar-refractivity contribution in [1.82, 2.24) is 5.32 Å². The summed E-state index contributed by atoms with van der Waals surface area (Å²) in [5.41, 5.74) is 0.645. The van der Waals surface area contributed by atoms with Gasteiger partial charge in [-0.05, 0) is 75.1 Å². The minimum Gasteiger partial charge on any atom is -0.484 e. The third-order valence-corrected chi connectivity index (χ3v) is 5.45. The third kappa shape index (κ3) is 3.74. The lowest BCUT2D eigenvalue weighted by Gasteiger charge is -2.28. The summed E-state index contributed by atoms with van der Waals surface area (Å²) >= 11 is 0. The van der Waals surface area contributed by atoms with E-state index in [1.807, 2.05) is 0 Å². The van der Waals surface area contributed by atoms with Crippen molar-refractivity contribution in [3.63, 3.8) is 0 Å². The van der Waals surface area contributed by atoms with Gasteiger partial charge < -0.3 is 10.1 Å². The summed E-state index contributed by atoms with van der Waals surface area (Å²) in [6.45, 7) is 3.66. The van der Waals surface area contributed by atoms with E-state index in [9.17, 15) is 9.59 Å². The summed E-state index contributed by atoms with van der Waals surface area (Å²) in [6.07, 6.45) is 5.32. The normalized spacial score (nSPS) is 26.8. The number of amides is 1. The van der Waals surface area contributed by atoms with Crippen LogP contribution in [0.1, 0.15) is 49.9 Å². The molecule has 2 bridgehead atoms. The summed E-state index contributed by atoms with van der Waals surface area (Å²) in [7, 11) is 0. The maximum atomic E-state index is 12.1. The molecule has 3 rings (SSSR count). The zero-order valence-corrected chi connectivity index (χ0v) is 13.9. The fraction of sp³-hybridized carbons (Fsp3) is 0.579. The van der Waals surface area contributed by atoms with Crippen LogP contribution >= 0.6 is 0 Å². The van der Waals surface area contributed by atoms with E-state index in [-0.39, 0.29) is 24.3 Å². The van der Waals surface area contributed by atoms with E-state index >= 15 is 0 Å². The Hall–Kier alpha value is -1.84. The van der Waals surface area contributed by atoms with E-state index in [0.29, 0.717) is 17.2 Å². The Morgan fingerprint density at radius 3 is 2.52 bits per heavy atom. The highest BCUT2D eigenvalue weighted by Crippen LogP contribution is 2.49. The average molecular weight is 315 g/mol. The fourth-order valence-corrected chi connectivity index (χ4v) is 4.24. The van der Waals surface area contributed by atoms with Crippen LogP contribution in [0, 0.1) is 17.8 Å². The van der Waals surface area contributed by atoms with Gasteiger partial charge in [-0.25, -0.2) is 0 Å². The number of nitrogens with one attached hydrogen (secondary N) is 1. The van der Waals surface area contributed by atoms with Crippen molar-refractivity contribution in [2.45, 2.75) is 45.6 Å². The molecule has 0 spiro atoms.